The molecule has 0 radical (unpaired) electrons. The summed E-state index contributed by atoms with van der Waals surface area (Å²) in [5, 5.41) is 5.73. The molecule has 2 amide bonds. The van der Waals surface area contributed by atoms with Crippen LogP contribution >= 0.6 is 15.9 Å². The Labute approximate surface area is 166 Å². The summed E-state index contributed by atoms with van der Waals surface area (Å²) in [5.41, 5.74) is 2.86. The molecular formula is C22H19BrN2O2. The largest absolute Gasteiger partial charge is 0.348 e. The van der Waals surface area contributed by atoms with Gasteiger partial charge in [0, 0.05) is 11.0 Å². The molecule has 0 aliphatic rings. The maximum Gasteiger partial charge on any atom is 0.253 e. The van der Waals surface area contributed by atoms with Gasteiger partial charge in [-0.3, -0.25) is 9.59 Å². The smallest absolute Gasteiger partial charge is 0.253 e. The van der Waals surface area contributed by atoms with Gasteiger partial charge in [-0.2, -0.15) is 0 Å². The average Bonchev–Trinajstić information content (AvgIpc) is 2.67. The third-order valence-corrected chi connectivity index (χ3v) is 4.49. The lowest BCUT2D eigenvalue weighted by molar-refractivity contribution is -0.115. The lowest BCUT2D eigenvalue weighted by Gasteiger charge is -2.12. The van der Waals surface area contributed by atoms with E-state index < -0.39 is 0 Å². The van der Waals surface area contributed by atoms with Crippen molar-refractivity contribution < 1.29 is 9.59 Å². The van der Waals surface area contributed by atoms with Crippen molar-refractivity contribution in [2.45, 2.75) is 13.0 Å². The third kappa shape index (κ3) is 5.53. The van der Waals surface area contributed by atoms with Gasteiger partial charge >= 0.3 is 0 Å². The molecule has 3 rings (SSSR count). The maximum absolute atomic E-state index is 12.6. The fourth-order valence-corrected chi connectivity index (χ4v) is 3.14. The first-order valence-corrected chi connectivity index (χ1v) is 9.36. The summed E-state index contributed by atoms with van der Waals surface area (Å²) < 4.78 is 0.925. The van der Waals surface area contributed by atoms with Crippen LogP contribution in [0.3, 0.4) is 0 Å². The number of para-hydroxylation sites is 1. The lowest BCUT2D eigenvalue weighted by atomic mass is 10.1. The van der Waals surface area contributed by atoms with Gasteiger partial charge in [-0.25, -0.2) is 0 Å². The Kier molecular flexibility index (Phi) is 6.39. The van der Waals surface area contributed by atoms with Gasteiger partial charge in [0.2, 0.25) is 5.91 Å². The Balaban J connectivity index is 1.66. The molecule has 2 N–H and O–H groups in total. The van der Waals surface area contributed by atoms with Crippen molar-refractivity contribution >= 4 is 33.4 Å². The summed E-state index contributed by atoms with van der Waals surface area (Å²) in [6, 6.07) is 24.3. The maximum atomic E-state index is 12.6. The van der Waals surface area contributed by atoms with E-state index in [2.05, 4.69) is 26.6 Å². The highest BCUT2D eigenvalue weighted by atomic mass is 79.9. The second kappa shape index (κ2) is 9.14. The van der Waals surface area contributed by atoms with E-state index in [0.717, 1.165) is 15.6 Å². The summed E-state index contributed by atoms with van der Waals surface area (Å²) in [5.74, 6) is -0.395. The molecule has 0 spiro atoms. The molecule has 5 heteroatoms. The van der Waals surface area contributed by atoms with E-state index >= 15 is 0 Å². The minimum atomic E-state index is -0.225. The molecule has 0 saturated carbocycles. The van der Waals surface area contributed by atoms with Crippen molar-refractivity contribution in [3.63, 3.8) is 0 Å². The highest BCUT2D eigenvalue weighted by molar-refractivity contribution is 9.10. The van der Waals surface area contributed by atoms with E-state index in [4.69, 9.17) is 0 Å². The molecule has 0 aliphatic carbocycles. The van der Waals surface area contributed by atoms with Gasteiger partial charge in [0.25, 0.3) is 5.91 Å². The molecule has 27 heavy (non-hydrogen) atoms. The minimum Gasteiger partial charge on any atom is -0.348 e. The summed E-state index contributed by atoms with van der Waals surface area (Å²) >= 11 is 3.40. The predicted molar refractivity (Wildman–Crippen MR) is 111 cm³/mol. The first kappa shape index (κ1) is 18.9. The molecule has 0 fully saturated rings. The third-order valence-electron chi connectivity index (χ3n) is 4.00. The molecule has 3 aromatic rings. The predicted octanol–water partition coefficient (Wildman–Crippen LogP) is 4.56. The molecule has 0 aromatic heterocycles. The van der Waals surface area contributed by atoms with Gasteiger partial charge < -0.3 is 10.6 Å². The SMILES string of the molecule is O=C(Cc1cccc(Br)c1)Nc1ccccc1C(=O)NCc1ccccc1. The average molecular weight is 423 g/mol. The summed E-state index contributed by atoms with van der Waals surface area (Å²) in [7, 11) is 0. The van der Waals surface area contributed by atoms with Crippen LogP contribution in [0.25, 0.3) is 0 Å². The Morgan fingerprint density at radius 3 is 2.30 bits per heavy atom. The van der Waals surface area contributed by atoms with Crippen molar-refractivity contribution in [3.8, 4) is 0 Å². The van der Waals surface area contributed by atoms with Crippen LogP contribution in [0, 0.1) is 0 Å². The minimum absolute atomic E-state index is 0.170. The van der Waals surface area contributed by atoms with Gasteiger partial charge in [-0.15, -0.1) is 0 Å². The zero-order valence-corrected chi connectivity index (χ0v) is 16.2. The number of rotatable bonds is 6. The number of amides is 2. The lowest BCUT2D eigenvalue weighted by Crippen LogP contribution is -2.25. The van der Waals surface area contributed by atoms with Crippen molar-refractivity contribution in [3.05, 3.63) is 100 Å². The van der Waals surface area contributed by atoms with E-state index in [1.54, 1.807) is 24.3 Å². The Morgan fingerprint density at radius 2 is 1.52 bits per heavy atom. The monoisotopic (exact) mass is 422 g/mol. The number of anilines is 1. The fraction of sp³-hybridized carbons (Fsp3) is 0.0909. The van der Waals surface area contributed by atoms with Crippen LogP contribution in [-0.2, 0) is 17.8 Å². The number of halogens is 1. The number of carbonyl (C=O) groups is 2. The van der Waals surface area contributed by atoms with Crippen molar-refractivity contribution in [2.75, 3.05) is 5.32 Å². The van der Waals surface area contributed by atoms with E-state index in [1.807, 2.05) is 54.6 Å². The molecule has 0 saturated heterocycles. The fourth-order valence-electron chi connectivity index (χ4n) is 2.69. The first-order chi connectivity index (χ1) is 13.1. The van der Waals surface area contributed by atoms with Crippen LogP contribution in [-0.4, -0.2) is 11.8 Å². The Hall–Kier alpha value is -2.92. The van der Waals surface area contributed by atoms with E-state index in [1.165, 1.54) is 0 Å². The topological polar surface area (TPSA) is 58.2 Å². The molecule has 0 aliphatic heterocycles. The number of nitrogens with one attached hydrogen (secondary N) is 2. The van der Waals surface area contributed by atoms with Crippen LogP contribution in [0.4, 0.5) is 5.69 Å². The van der Waals surface area contributed by atoms with Gasteiger partial charge in [0.05, 0.1) is 17.7 Å². The number of hydrogen-bond acceptors (Lipinski definition) is 2. The second-order valence-corrected chi connectivity index (χ2v) is 6.98. The van der Waals surface area contributed by atoms with Crippen LogP contribution in [0.15, 0.2) is 83.3 Å². The zero-order valence-electron chi connectivity index (χ0n) is 14.6. The molecule has 0 atom stereocenters. The Morgan fingerprint density at radius 1 is 0.815 bits per heavy atom. The van der Waals surface area contributed by atoms with Crippen LogP contribution < -0.4 is 10.6 Å². The molecule has 3 aromatic carbocycles. The highest BCUT2D eigenvalue weighted by Gasteiger charge is 2.13. The van der Waals surface area contributed by atoms with Gasteiger partial charge in [0.15, 0.2) is 0 Å². The normalized spacial score (nSPS) is 10.3. The zero-order chi connectivity index (χ0) is 19.1. The quantitative estimate of drug-likeness (QED) is 0.611. The molecule has 0 heterocycles. The van der Waals surface area contributed by atoms with Crippen molar-refractivity contribution in [1.82, 2.24) is 5.32 Å². The number of carbonyl (C=O) groups excluding carboxylic acids is 2. The number of hydrogen-bond donors (Lipinski definition) is 2. The van der Waals surface area contributed by atoms with E-state index in [-0.39, 0.29) is 18.2 Å². The van der Waals surface area contributed by atoms with E-state index in [9.17, 15) is 9.59 Å². The summed E-state index contributed by atoms with van der Waals surface area (Å²) in [4.78, 5) is 24.9. The van der Waals surface area contributed by atoms with Crippen molar-refractivity contribution in [2.24, 2.45) is 0 Å². The molecule has 136 valence electrons. The van der Waals surface area contributed by atoms with Crippen molar-refractivity contribution in [1.29, 1.82) is 0 Å². The number of benzene rings is 3. The summed E-state index contributed by atoms with van der Waals surface area (Å²) in [6.07, 6.45) is 0.236. The second-order valence-electron chi connectivity index (χ2n) is 6.07. The first-order valence-electron chi connectivity index (χ1n) is 8.57. The molecule has 0 unspecified atom stereocenters. The molecular weight excluding hydrogens is 404 g/mol. The van der Waals surface area contributed by atoms with Gasteiger partial charge in [-0.1, -0.05) is 70.5 Å². The summed E-state index contributed by atoms with van der Waals surface area (Å²) in [6.45, 7) is 0.431. The highest BCUT2D eigenvalue weighted by Crippen LogP contribution is 2.17. The van der Waals surface area contributed by atoms with E-state index in [0.29, 0.717) is 17.8 Å². The Bertz CT molecular complexity index is 942. The van der Waals surface area contributed by atoms with Crippen LogP contribution in [0.5, 0.6) is 0 Å². The standard InChI is InChI=1S/C22H19BrN2O2/c23-18-10-6-9-17(13-18)14-21(26)25-20-12-5-4-11-19(20)22(27)24-15-16-7-2-1-3-8-16/h1-13H,14-15H2,(H,24,27)(H,25,26). The van der Waals surface area contributed by atoms with Crippen LogP contribution in [0.1, 0.15) is 21.5 Å². The molecule has 0 bridgehead atoms. The van der Waals surface area contributed by atoms with Gasteiger partial charge in [0.1, 0.15) is 0 Å². The van der Waals surface area contributed by atoms with Gasteiger partial charge in [-0.05, 0) is 35.4 Å². The van der Waals surface area contributed by atoms with Crippen LogP contribution in [0.2, 0.25) is 0 Å². The molecule has 4 nitrogen and oxygen atoms in total.